The number of hydrogen-bond acceptors (Lipinski definition) is 3. The lowest BCUT2D eigenvalue weighted by molar-refractivity contribution is 0.0600. The molecule has 1 aliphatic rings. The average Bonchev–Trinajstić information content (AvgIpc) is 3.14. The maximum atomic E-state index is 11.5. The summed E-state index contributed by atoms with van der Waals surface area (Å²) in [6.45, 7) is 0. The molecular formula is C12H11ClN2O2. The summed E-state index contributed by atoms with van der Waals surface area (Å²) in [7, 11) is 1.37. The van der Waals surface area contributed by atoms with E-state index in [9.17, 15) is 4.79 Å². The highest BCUT2D eigenvalue weighted by Crippen LogP contribution is 2.40. The maximum absolute atomic E-state index is 11.5. The van der Waals surface area contributed by atoms with Crippen molar-refractivity contribution in [1.29, 1.82) is 0 Å². The van der Waals surface area contributed by atoms with E-state index in [2.05, 4.69) is 4.98 Å². The van der Waals surface area contributed by atoms with Crippen LogP contribution in [-0.2, 0) is 4.74 Å². The van der Waals surface area contributed by atoms with Gasteiger partial charge in [0.05, 0.1) is 18.2 Å². The third kappa shape index (κ3) is 1.69. The fourth-order valence-corrected chi connectivity index (χ4v) is 2.18. The van der Waals surface area contributed by atoms with Gasteiger partial charge in [-0.3, -0.25) is 0 Å². The minimum Gasteiger partial charge on any atom is -0.465 e. The Labute approximate surface area is 103 Å². The van der Waals surface area contributed by atoms with Crippen LogP contribution in [0.4, 0.5) is 0 Å². The van der Waals surface area contributed by atoms with Gasteiger partial charge in [0.15, 0.2) is 5.15 Å². The monoisotopic (exact) mass is 250 g/mol. The van der Waals surface area contributed by atoms with Gasteiger partial charge in [0.1, 0.15) is 5.82 Å². The van der Waals surface area contributed by atoms with Crippen LogP contribution in [0.2, 0.25) is 5.15 Å². The van der Waals surface area contributed by atoms with E-state index in [1.54, 1.807) is 18.3 Å². The van der Waals surface area contributed by atoms with Crippen LogP contribution in [0, 0.1) is 0 Å². The second-order valence-electron chi connectivity index (χ2n) is 4.20. The zero-order valence-corrected chi connectivity index (χ0v) is 10.1. The summed E-state index contributed by atoms with van der Waals surface area (Å²) in [5.74, 6) is 1.07. The minimum atomic E-state index is -0.349. The van der Waals surface area contributed by atoms with Crippen LogP contribution in [0.5, 0.6) is 0 Å². The van der Waals surface area contributed by atoms with Crippen molar-refractivity contribution in [2.75, 3.05) is 7.11 Å². The first-order valence-electron chi connectivity index (χ1n) is 5.46. The minimum absolute atomic E-state index is 0.349. The van der Waals surface area contributed by atoms with Gasteiger partial charge in [-0.2, -0.15) is 0 Å². The first-order chi connectivity index (χ1) is 8.20. The van der Waals surface area contributed by atoms with Crippen LogP contribution in [0.25, 0.3) is 5.52 Å². The molecule has 3 rings (SSSR count). The van der Waals surface area contributed by atoms with Crippen molar-refractivity contribution in [3.05, 3.63) is 34.9 Å². The number of methoxy groups -OCH3 is 1. The molecule has 0 N–H and O–H groups in total. The van der Waals surface area contributed by atoms with Gasteiger partial charge in [-0.15, -0.1) is 0 Å². The Morgan fingerprint density at radius 2 is 2.29 bits per heavy atom. The standard InChI is InChI=1S/C12H11ClN2O2/c1-17-12(16)8-4-5-9-10(13)14-11(7-2-3-7)15(9)6-8/h4-7H,2-3H2,1H3. The van der Waals surface area contributed by atoms with Crippen LogP contribution in [-0.4, -0.2) is 22.5 Å². The van der Waals surface area contributed by atoms with Gasteiger partial charge >= 0.3 is 5.97 Å². The fraction of sp³-hybridized carbons (Fsp3) is 0.333. The van der Waals surface area contributed by atoms with Crippen LogP contribution >= 0.6 is 11.6 Å². The molecule has 0 amide bonds. The number of rotatable bonds is 2. The normalized spacial score (nSPS) is 15.2. The zero-order chi connectivity index (χ0) is 12.0. The number of aromatic nitrogens is 2. The van der Waals surface area contributed by atoms with Gasteiger partial charge in [-0.25, -0.2) is 9.78 Å². The molecule has 0 spiro atoms. The van der Waals surface area contributed by atoms with E-state index in [0.717, 1.165) is 24.2 Å². The Kier molecular flexibility index (Phi) is 2.33. The third-order valence-corrected chi connectivity index (χ3v) is 3.26. The SMILES string of the molecule is COC(=O)c1ccc2c(Cl)nc(C3CC3)n2c1. The number of halogens is 1. The molecule has 2 aromatic rings. The first-order valence-corrected chi connectivity index (χ1v) is 5.84. The Bertz CT molecular complexity index is 602. The number of imidazole rings is 1. The predicted octanol–water partition coefficient (Wildman–Crippen LogP) is 2.65. The maximum Gasteiger partial charge on any atom is 0.339 e. The summed E-state index contributed by atoms with van der Waals surface area (Å²) < 4.78 is 6.60. The van der Waals surface area contributed by atoms with E-state index in [1.165, 1.54) is 7.11 Å². The van der Waals surface area contributed by atoms with E-state index in [4.69, 9.17) is 16.3 Å². The Balaban J connectivity index is 2.19. The number of hydrogen-bond donors (Lipinski definition) is 0. The van der Waals surface area contributed by atoms with Gasteiger partial charge < -0.3 is 9.14 Å². The third-order valence-electron chi connectivity index (χ3n) is 2.98. The van der Waals surface area contributed by atoms with E-state index < -0.39 is 0 Å². The van der Waals surface area contributed by atoms with E-state index >= 15 is 0 Å². The van der Waals surface area contributed by atoms with Crippen molar-refractivity contribution in [1.82, 2.24) is 9.38 Å². The highest BCUT2D eigenvalue weighted by Gasteiger charge is 2.29. The molecule has 88 valence electrons. The van der Waals surface area contributed by atoms with Crippen LogP contribution in [0.15, 0.2) is 18.3 Å². The van der Waals surface area contributed by atoms with Crippen LogP contribution in [0.3, 0.4) is 0 Å². The van der Waals surface area contributed by atoms with Crippen molar-refractivity contribution in [3.63, 3.8) is 0 Å². The molecule has 0 bridgehead atoms. The second kappa shape index (κ2) is 3.74. The predicted molar refractivity (Wildman–Crippen MR) is 63.5 cm³/mol. The molecule has 0 aliphatic heterocycles. The summed E-state index contributed by atoms with van der Waals surface area (Å²) in [5, 5.41) is 0.489. The molecule has 1 fully saturated rings. The number of carbonyl (C=O) groups is 1. The lowest BCUT2D eigenvalue weighted by Gasteiger charge is -2.02. The first kappa shape index (κ1) is 10.6. The summed E-state index contributed by atoms with van der Waals surface area (Å²) in [6.07, 6.45) is 4.02. The highest BCUT2D eigenvalue weighted by atomic mass is 35.5. The number of nitrogens with zero attached hydrogens (tertiary/aromatic N) is 2. The Morgan fingerprint density at radius 1 is 1.53 bits per heavy atom. The van der Waals surface area contributed by atoms with Crippen molar-refractivity contribution < 1.29 is 9.53 Å². The molecule has 5 heteroatoms. The smallest absolute Gasteiger partial charge is 0.339 e. The molecule has 2 heterocycles. The number of pyridine rings is 1. The Hall–Kier alpha value is -1.55. The number of ether oxygens (including phenoxy) is 1. The average molecular weight is 251 g/mol. The van der Waals surface area contributed by atoms with Gasteiger partial charge in [0.25, 0.3) is 0 Å². The molecule has 1 aliphatic carbocycles. The van der Waals surface area contributed by atoms with Crippen LogP contribution in [0.1, 0.15) is 34.9 Å². The van der Waals surface area contributed by atoms with Crippen molar-refractivity contribution in [2.45, 2.75) is 18.8 Å². The molecule has 0 aromatic carbocycles. The Morgan fingerprint density at radius 3 is 2.94 bits per heavy atom. The fourth-order valence-electron chi connectivity index (χ4n) is 1.94. The van der Waals surface area contributed by atoms with E-state index in [1.807, 2.05) is 4.40 Å². The molecule has 4 nitrogen and oxygen atoms in total. The summed E-state index contributed by atoms with van der Waals surface area (Å²) >= 11 is 6.07. The van der Waals surface area contributed by atoms with Gasteiger partial charge in [-0.1, -0.05) is 11.6 Å². The molecule has 0 unspecified atom stereocenters. The molecule has 0 atom stereocenters. The quantitative estimate of drug-likeness (QED) is 0.770. The second-order valence-corrected chi connectivity index (χ2v) is 4.56. The van der Waals surface area contributed by atoms with Crippen molar-refractivity contribution in [3.8, 4) is 0 Å². The van der Waals surface area contributed by atoms with Gasteiger partial charge in [0, 0.05) is 12.1 Å². The zero-order valence-electron chi connectivity index (χ0n) is 9.31. The van der Waals surface area contributed by atoms with Gasteiger partial charge in [-0.05, 0) is 25.0 Å². The topological polar surface area (TPSA) is 43.6 Å². The summed E-state index contributed by atoms with van der Waals surface area (Å²) in [5.41, 5.74) is 1.34. The molecule has 2 aromatic heterocycles. The van der Waals surface area contributed by atoms with Crippen molar-refractivity contribution in [2.24, 2.45) is 0 Å². The number of carbonyl (C=O) groups excluding carboxylic acids is 1. The molecule has 17 heavy (non-hydrogen) atoms. The van der Waals surface area contributed by atoms with E-state index in [0.29, 0.717) is 16.6 Å². The lowest BCUT2D eigenvalue weighted by atomic mass is 10.2. The number of esters is 1. The lowest BCUT2D eigenvalue weighted by Crippen LogP contribution is -2.03. The molecule has 0 radical (unpaired) electrons. The number of fused-ring (bicyclic) bond motifs is 1. The van der Waals surface area contributed by atoms with Gasteiger partial charge in [0.2, 0.25) is 0 Å². The molecule has 0 saturated heterocycles. The summed E-state index contributed by atoms with van der Waals surface area (Å²) in [4.78, 5) is 15.8. The summed E-state index contributed by atoms with van der Waals surface area (Å²) in [6, 6.07) is 3.50. The van der Waals surface area contributed by atoms with E-state index in [-0.39, 0.29) is 5.97 Å². The highest BCUT2D eigenvalue weighted by molar-refractivity contribution is 6.32. The molecular weight excluding hydrogens is 240 g/mol. The largest absolute Gasteiger partial charge is 0.465 e. The van der Waals surface area contributed by atoms with Crippen molar-refractivity contribution >= 4 is 23.1 Å². The molecule has 1 saturated carbocycles. The van der Waals surface area contributed by atoms with Crippen LogP contribution < -0.4 is 0 Å².